The second kappa shape index (κ2) is 8.42. The van der Waals surface area contributed by atoms with Gasteiger partial charge in [-0.05, 0) is 31.2 Å². The molecule has 24 heavy (non-hydrogen) atoms. The van der Waals surface area contributed by atoms with Gasteiger partial charge in [0.25, 0.3) is 0 Å². The number of aromatic amines is 1. The summed E-state index contributed by atoms with van der Waals surface area (Å²) in [5.74, 6) is 0.184. The van der Waals surface area contributed by atoms with E-state index in [1.54, 1.807) is 6.92 Å². The summed E-state index contributed by atoms with van der Waals surface area (Å²) in [7, 11) is 0. The first-order valence-corrected chi connectivity index (χ1v) is 8.80. The van der Waals surface area contributed by atoms with Crippen LogP contribution in [-0.2, 0) is 9.53 Å². The molecule has 0 radical (unpaired) electrons. The molecule has 2 rings (SSSR count). The number of nitrogens with zero attached hydrogens (tertiary/aromatic N) is 1. The van der Waals surface area contributed by atoms with Gasteiger partial charge in [0.05, 0.1) is 6.61 Å². The van der Waals surface area contributed by atoms with Crippen molar-refractivity contribution in [2.24, 2.45) is 0 Å². The Morgan fingerprint density at radius 1 is 1.29 bits per heavy atom. The summed E-state index contributed by atoms with van der Waals surface area (Å²) in [6.45, 7) is 5.91. The summed E-state index contributed by atoms with van der Waals surface area (Å²) in [5.41, 5.74) is 3.86. The van der Waals surface area contributed by atoms with Crippen LogP contribution in [0.1, 0.15) is 25.1 Å². The number of hydrogen-bond donors (Lipinski definition) is 1. The van der Waals surface area contributed by atoms with Crippen molar-refractivity contribution in [3.05, 3.63) is 53.2 Å². The molecule has 4 nitrogen and oxygen atoms in total. The minimum Gasteiger partial charge on any atom is -0.462 e. The predicted molar refractivity (Wildman–Crippen MR) is 98.3 cm³/mol. The molecule has 0 atom stereocenters. The minimum atomic E-state index is -0.571. The van der Waals surface area contributed by atoms with E-state index < -0.39 is 5.97 Å². The lowest BCUT2D eigenvalue weighted by Gasteiger charge is -2.08. The summed E-state index contributed by atoms with van der Waals surface area (Å²) < 4.78 is 5.03. The molecule has 5 heteroatoms. The van der Waals surface area contributed by atoms with Gasteiger partial charge in [-0.1, -0.05) is 37.3 Å². The average Bonchev–Trinajstić information content (AvgIpc) is 2.97. The Hall–Kier alpha value is -2.45. The van der Waals surface area contributed by atoms with Crippen molar-refractivity contribution in [2.75, 3.05) is 12.4 Å². The van der Waals surface area contributed by atoms with Crippen molar-refractivity contribution in [3.8, 4) is 17.3 Å². The highest BCUT2D eigenvalue weighted by atomic mass is 32.2. The molecule has 0 spiro atoms. The highest BCUT2D eigenvalue weighted by Crippen LogP contribution is 2.35. The van der Waals surface area contributed by atoms with Gasteiger partial charge in [-0.15, -0.1) is 11.8 Å². The van der Waals surface area contributed by atoms with Crippen molar-refractivity contribution < 1.29 is 9.53 Å². The number of H-pyrrole nitrogens is 1. The first-order valence-electron chi connectivity index (χ1n) is 7.82. The first kappa shape index (κ1) is 17.9. The molecule has 0 saturated carbocycles. The topological polar surface area (TPSA) is 65.9 Å². The van der Waals surface area contributed by atoms with Crippen LogP contribution in [0, 0.1) is 18.3 Å². The molecule has 1 N–H and O–H groups in total. The fraction of sp³-hybridized carbons (Fsp3) is 0.263. The molecule has 1 heterocycles. The van der Waals surface area contributed by atoms with Crippen LogP contribution in [0.15, 0.2) is 42.0 Å². The van der Waals surface area contributed by atoms with E-state index in [9.17, 15) is 10.1 Å². The Bertz CT molecular complexity index is 785. The molecule has 0 aliphatic carbocycles. The highest BCUT2D eigenvalue weighted by Gasteiger charge is 2.21. The maximum atomic E-state index is 12.1. The lowest BCUT2D eigenvalue weighted by Crippen LogP contribution is -2.08. The number of rotatable bonds is 6. The number of ether oxygens (including phenoxy) is 1. The number of aryl methyl sites for hydroxylation is 1. The molecule has 0 aliphatic rings. The normalized spacial score (nSPS) is 11.6. The quantitative estimate of drug-likeness (QED) is 0.476. The molecule has 0 amide bonds. The number of carbonyl (C=O) groups is 1. The molecule has 1 aromatic carbocycles. The largest absolute Gasteiger partial charge is 0.462 e. The third-order valence-corrected chi connectivity index (χ3v) is 4.45. The van der Waals surface area contributed by atoms with Crippen molar-refractivity contribution in [1.29, 1.82) is 5.26 Å². The summed E-state index contributed by atoms with van der Waals surface area (Å²) >= 11 is 1.48. The van der Waals surface area contributed by atoms with E-state index in [0.717, 1.165) is 28.3 Å². The molecule has 0 saturated heterocycles. The minimum absolute atomic E-state index is 0.0606. The monoisotopic (exact) mass is 340 g/mol. The van der Waals surface area contributed by atoms with Gasteiger partial charge in [0.2, 0.25) is 0 Å². The van der Waals surface area contributed by atoms with E-state index in [2.05, 4.69) is 4.98 Å². The SMILES string of the molecule is CCOC(=O)/C(C#N)=C(\SCC)c1cc(-c2ccccc2)[nH]c1C. The number of esters is 1. The van der Waals surface area contributed by atoms with Gasteiger partial charge in [0.15, 0.2) is 5.57 Å². The number of hydrogen-bond acceptors (Lipinski definition) is 4. The molecule has 0 bridgehead atoms. The van der Waals surface area contributed by atoms with E-state index in [1.165, 1.54) is 11.8 Å². The summed E-state index contributed by atoms with van der Waals surface area (Å²) in [6, 6.07) is 13.9. The third-order valence-electron chi connectivity index (χ3n) is 3.45. The van der Waals surface area contributed by atoms with Crippen LogP contribution in [0.2, 0.25) is 0 Å². The molecule has 1 aromatic heterocycles. The zero-order chi connectivity index (χ0) is 17.5. The van der Waals surface area contributed by atoms with Crippen LogP contribution < -0.4 is 0 Å². The molecular weight excluding hydrogens is 320 g/mol. The van der Waals surface area contributed by atoms with Crippen molar-refractivity contribution >= 4 is 22.6 Å². The number of aromatic nitrogens is 1. The zero-order valence-electron chi connectivity index (χ0n) is 14.1. The van der Waals surface area contributed by atoms with Gasteiger partial charge in [-0.25, -0.2) is 4.79 Å². The second-order valence-electron chi connectivity index (χ2n) is 5.06. The number of benzene rings is 1. The van der Waals surface area contributed by atoms with Gasteiger partial charge in [-0.3, -0.25) is 0 Å². The van der Waals surface area contributed by atoms with Gasteiger partial charge in [0.1, 0.15) is 6.07 Å². The van der Waals surface area contributed by atoms with E-state index in [4.69, 9.17) is 4.74 Å². The Morgan fingerprint density at radius 2 is 2.00 bits per heavy atom. The Kier molecular flexibility index (Phi) is 6.28. The van der Waals surface area contributed by atoms with Gasteiger partial charge < -0.3 is 9.72 Å². The van der Waals surface area contributed by atoms with Crippen molar-refractivity contribution in [2.45, 2.75) is 20.8 Å². The number of nitrogens with one attached hydrogen (secondary N) is 1. The molecule has 0 aliphatic heterocycles. The summed E-state index contributed by atoms with van der Waals surface area (Å²) in [5, 5.41) is 9.46. The predicted octanol–water partition coefficient (Wildman–Crippen LogP) is 4.54. The molecule has 2 aromatic rings. The fourth-order valence-corrected chi connectivity index (χ4v) is 3.32. The Labute approximate surface area is 146 Å². The van der Waals surface area contributed by atoms with Crippen LogP contribution in [0.3, 0.4) is 0 Å². The lowest BCUT2D eigenvalue weighted by atomic mass is 10.1. The second-order valence-corrected chi connectivity index (χ2v) is 6.33. The average molecular weight is 340 g/mol. The standard InChI is InChI=1S/C19H20N2O2S/c1-4-23-19(22)16(12-20)18(24-5-2)15-11-17(21-13(15)3)14-9-7-6-8-10-14/h6-11,21H,4-5H2,1-3H3/b18-16-. The number of carbonyl (C=O) groups excluding carboxylic acids is 1. The van der Waals surface area contributed by atoms with E-state index in [0.29, 0.717) is 4.91 Å². The van der Waals surface area contributed by atoms with Crippen LogP contribution in [-0.4, -0.2) is 23.3 Å². The van der Waals surface area contributed by atoms with E-state index >= 15 is 0 Å². The molecule has 124 valence electrons. The molecule has 0 unspecified atom stereocenters. The first-order chi connectivity index (χ1) is 11.6. The summed E-state index contributed by atoms with van der Waals surface area (Å²) in [6.07, 6.45) is 0. The van der Waals surface area contributed by atoms with Crippen LogP contribution >= 0.6 is 11.8 Å². The van der Waals surface area contributed by atoms with Crippen LogP contribution in [0.25, 0.3) is 16.2 Å². The van der Waals surface area contributed by atoms with Crippen molar-refractivity contribution in [1.82, 2.24) is 4.98 Å². The number of thioether (sulfide) groups is 1. The smallest absolute Gasteiger partial charge is 0.350 e. The third kappa shape index (κ3) is 3.90. The summed E-state index contributed by atoms with van der Waals surface area (Å²) in [4.78, 5) is 16.1. The Morgan fingerprint density at radius 3 is 2.58 bits per heavy atom. The van der Waals surface area contributed by atoms with Gasteiger partial charge in [0, 0.05) is 21.9 Å². The van der Waals surface area contributed by atoms with Gasteiger partial charge in [-0.2, -0.15) is 5.26 Å². The van der Waals surface area contributed by atoms with Crippen molar-refractivity contribution in [3.63, 3.8) is 0 Å². The lowest BCUT2D eigenvalue weighted by molar-refractivity contribution is -0.137. The van der Waals surface area contributed by atoms with E-state index in [1.807, 2.05) is 56.3 Å². The maximum Gasteiger partial charge on any atom is 0.350 e. The Balaban J connectivity index is 2.55. The molecular formula is C19H20N2O2S. The van der Waals surface area contributed by atoms with Gasteiger partial charge >= 0.3 is 5.97 Å². The fourth-order valence-electron chi connectivity index (χ4n) is 2.39. The molecule has 0 fully saturated rings. The maximum absolute atomic E-state index is 12.1. The highest BCUT2D eigenvalue weighted by molar-refractivity contribution is 8.08. The van der Waals surface area contributed by atoms with Crippen LogP contribution in [0.5, 0.6) is 0 Å². The zero-order valence-corrected chi connectivity index (χ0v) is 14.9. The number of nitriles is 1. The van der Waals surface area contributed by atoms with E-state index in [-0.39, 0.29) is 12.2 Å². The van der Waals surface area contributed by atoms with Crippen LogP contribution in [0.4, 0.5) is 0 Å².